The zero-order valence-electron chi connectivity index (χ0n) is 15.7. The van der Waals surface area contributed by atoms with Crippen LogP contribution in [0.2, 0.25) is 0 Å². The average molecular weight is 366 g/mol. The highest BCUT2D eigenvalue weighted by Crippen LogP contribution is 2.29. The Hall–Kier alpha value is -2.20. The van der Waals surface area contributed by atoms with Gasteiger partial charge in [0.05, 0.1) is 0 Å². The van der Waals surface area contributed by atoms with Crippen molar-refractivity contribution in [1.29, 1.82) is 0 Å². The molecule has 1 amide bonds. The zero-order chi connectivity index (χ0) is 18.6. The first kappa shape index (κ1) is 18.2. The molecule has 0 aliphatic carbocycles. The maximum absolute atomic E-state index is 14.0. The fourth-order valence-corrected chi connectivity index (χ4v) is 4.32. The van der Waals surface area contributed by atoms with Crippen LogP contribution >= 0.6 is 0 Å². The topological polar surface area (TPSA) is 23.6 Å². The Morgan fingerprint density at radius 3 is 2.44 bits per heavy atom. The van der Waals surface area contributed by atoms with Crippen LogP contribution in [0.15, 0.2) is 48.5 Å². The van der Waals surface area contributed by atoms with Crippen LogP contribution in [0.3, 0.4) is 0 Å². The van der Waals surface area contributed by atoms with Crippen LogP contribution in [0.5, 0.6) is 0 Å². The van der Waals surface area contributed by atoms with E-state index in [4.69, 9.17) is 0 Å². The molecule has 1 atom stereocenters. The van der Waals surface area contributed by atoms with Crippen LogP contribution in [0.25, 0.3) is 0 Å². The number of benzene rings is 2. The first-order valence-electron chi connectivity index (χ1n) is 10.1. The third kappa shape index (κ3) is 4.22. The summed E-state index contributed by atoms with van der Waals surface area (Å²) in [6.45, 7) is 4.59. The molecule has 142 valence electrons. The quantitative estimate of drug-likeness (QED) is 0.799. The molecule has 0 radical (unpaired) electrons. The van der Waals surface area contributed by atoms with E-state index in [9.17, 15) is 9.18 Å². The minimum absolute atomic E-state index is 0.0540. The summed E-state index contributed by atoms with van der Waals surface area (Å²) in [5.74, 6) is -0.0225. The summed E-state index contributed by atoms with van der Waals surface area (Å²) in [6.07, 6.45) is 4.73. The molecule has 0 aromatic heterocycles. The van der Waals surface area contributed by atoms with Crippen molar-refractivity contribution in [2.45, 2.75) is 38.1 Å². The predicted molar refractivity (Wildman–Crippen MR) is 105 cm³/mol. The van der Waals surface area contributed by atoms with Gasteiger partial charge >= 0.3 is 0 Å². The van der Waals surface area contributed by atoms with Crippen LogP contribution in [0, 0.1) is 5.82 Å². The number of hydrogen-bond acceptors (Lipinski definition) is 2. The van der Waals surface area contributed by atoms with Crippen LogP contribution in [0.1, 0.15) is 53.1 Å². The summed E-state index contributed by atoms with van der Waals surface area (Å²) < 4.78 is 14.0. The number of nitrogens with zero attached hydrogens (tertiary/aromatic N) is 2. The average Bonchev–Trinajstić information content (AvgIpc) is 3.19. The third-order valence-corrected chi connectivity index (χ3v) is 5.88. The van der Waals surface area contributed by atoms with Crippen molar-refractivity contribution in [2.24, 2.45) is 0 Å². The van der Waals surface area contributed by atoms with E-state index in [0.29, 0.717) is 13.1 Å². The Morgan fingerprint density at radius 1 is 0.963 bits per heavy atom. The minimum atomic E-state index is -0.168. The molecule has 0 bridgehead atoms. The molecule has 3 nitrogen and oxygen atoms in total. The molecule has 2 heterocycles. The number of carbonyl (C=O) groups is 1. The van der Waals surface area contributed by atoms with Gasteiger partial charge in [-0.2, -0.15) is 0 Å². The van der Waals surface area contributed by atoms with Gasteiger partial charge in [0.1, 0.15) is 5.82 Å². The Kier molecular flexibility index (Phi) is 5.53. The summed E-state index contributed by atoms with van der Waals surface area (Å²) in [5, 5.41) is 0. The molecule has 0 N–H and O–H groups in total. The second-order valence-electron chi connectivity index (χ2n) is 7.79. The zero-order valence-corrected chi connectivity index (χ0v) is 15.7. The summed E-state index contributed by atoms with van der Waals surface area (Å²) in [4.78, 5) is 17.2. The lowest BCUT2D eigenvalue weighted by Gasteiger charge is -2.26. The van der Waals surface area contributed by atoms with Gasteiger partial charge in [-0.25, -0.2) is 4.39 Å². The van der Waals surface area contributed by atoms with Gasteiger partial charge in [-0.15, -0.1) is 0 Å². The predicted octanol–water partition coefficient (Wildman–Crippen LogP) is 4.44. The molecular formula is C23H27FN2O. The van der Waals surface area contributed by atoms with E-state index < -0.39 is 0 Å². The molecule has 0 spiro atoms. The monoisotopic (exact) mass is 366 g/mol. The number of hydrogen-bond donors (Lipinski definition) is 0. The molecule has 2 fully saturated rings. The lowest BCUT2D eigenvalue weighted by molar-refractivity contribution is 0.0790. The second-order valence-corrected chi connectivity index (χ2v) is 7.79. The highest BCUT2D eigenvalue weighted by molar-refractivity contribution is 5.94. The second kappa shape index (κ2) is 8.22. The van der Waals surface area contributed by atoms with E-state index in [2.05, 4.69) is 17.0 Å². The van der Waals surface area contributed by atoms with E-state index in [-0.39, 0.29) is 17.6 Å². The van der Waals surface area contributed by atoms with Gasteiger partial charge in [-0.05, 0) is 61.7 Å². The fourth-order valence-electron chi connectivity index (χ4n) is 4.32. The first-order valence-corrected chi connectivity index (χ1v) is 10.1. The van der Waals surface area contributed by atoms with Gasteiger partial charge in [-0.3, -0.25) is 9.69 Å². The molecule has 0 saturated carbocycles. The van der Waals surface area contributed by atoms with Crippen LogP contribution in [0.4, 0.5) is 4.39 Å². The molecule has 0 unspecified atom stereocenters. The van der Waals surface area contributed by atoms with Crippen molar-refractivity contribution in [3.05, 3.63) is 71.0 Å². The van der Waals surface area contributed by atoms with Crippen LogP contribution in [-0.4, -0.2) is 41.9 Å². The van der Waals surface area contributed by atoms with Crippen molar-refractivity contribution in [1.82, 2.24) is 9.80 Å². The first-order chi connectivity index (χ1) is 13.2. The number of carbonyl (C=O) groups excluding carboxylic acids is 1. The molecule has 2 aromatic carbocycles. The van der Waals surface area contributed by atoms with E-state index in [1.54, 1.807) is 6.07 Å². The summed E-state index contributed by atoms with van der Waals surface area (Å²) in [7, 11) is 0. The van der Waals surface area contributed by atoms with Gasteiger partial charge in [0.2, 0.25) is 0 Å². The van der Waals surface area contributed by atoms with Crippen molar-refractivity contribution in [2.75, 3.05) is 26.2 Å². The van der Waals surface area contributed by atoms with Crippen molar-refractivity contribution >= 4 is 5.91 Å². The third-order valence-electron chi connectivity index (χ3n) is 5.88. The lowest BCUT2D eigenvalue weighted by Crippen LogP contribution is -2.29. The fraction of sp³-hybridized carbons (Fsp3) is 0.435. The molecule has 2 saturated heterocycles. The van der Waals surface area contributed by atoms with Crippen molar-refractivity contribution < 1.29 is 9.18 Å². The maximum Gasteiger partial charge on any atom is 0.253 e. The van der Waals surface area contributed by atoms with Crippen molar-refractivity contribution in [3.8, 4) is 0 Å². The highest BCUT2D eigenvalue weighted by Gasteiger charge is 2.29. The number of piperidine rings is 1. The van der Waals surface area contributed by atoms with E-state index in [1.807, 2.05) is 29.2 Å². The van der Waals surface area contributed by atoms with Gasteiger partial charge in [0.25, 0.3) is 5.91 Å². The molecule has 2 aliphatic rings. The molecule has 2 aromatic rings. The molecule has 2 aliphatic heterocycles. The highest BCUT2D eigenvalue weighted by atomic mass is 19.1. The maximum atomic E-state index is 14.0. The number of likely N-dealkylation sites (tertiary alicyclic amines) is 2. The Labute approximate surface area is 160 Å². The van der Waals surface area contributed by atoms with Crippen molar-refractivity contribution in [3.63, 3.8) is 0 Å². The van der Waals surface area contributed by atoms with Crippen LogP contribution < -0.4 is 0 Å². The lowest BCUT2D eigenvalue weighted by atomic mass is 9.98. The Bertz CT molecular complexity index is 783. The normalized spacial score (nSPS) is 20.8. The largest absolute Gasteiger partial charge is 0.338 e. The standard InChI is InChI=1S/C23H27FN2O/c24-22-7-3-2-6-21(22)20-12-15-26(17-20)23(27)19-10-8-18(9-11-19)16-25-13-4-1-5-14-25/h2-3,6-11,20H,1,4-5,12-17H2/t20-/m0/s1. The van der Waals surface area contributed by atoms with E-state index >= 15 is 0 Å². The summed E-state index contributed by atoms with van der Waals surface area (Å²) >= 11 is 0. The summed E-state index contributed by atoms with van der Waals surface area (Å²) in [6, 6.07) is 14.9. The molecular weight excluding hydrogens is 339 g/mol. The number of amides is 1. The van der Waals surface area contributed by atoms with Gasteiger partial charge in [-0.1, -0.05) is 36.8 Å². The summed E-state index contributed by atoms with van der Waals surface area (Å²) in [5.41, 5.74) is 2.72. The smallest absolute Gasteiger partial charge is 0.253 e. The molecule has 27 heavy (non-hydrogen) atoms. The molecule has 4 rings (SSSR count). The number of halogens is 1. The number of rotatable bonds is 4. The van der Waals surface area contributed by atoms with Gasteiger partial charge < -0.3 is 4.90 Å². The van der Waals surface area contributed by atoms with E-state index in [1.165, 1.54) is 44.0 Å². The Balaban J connectivity index is 1.37. The molecule has 4 heteroatoms. The van der Waals surface area contributed by atoms with Crippen LogP contribution in [-0.2, 0) is 6.54 Å². The van der Waals surface area contributed by atoms with Gasteiger partial charge in [0, 0.05) is 31.1 Å². The SMILES string of the molecule is O=C(c1ccc(CN2CCCCC2)cc1)N1CC[C@H](c2ccccc2F)C1. The Morgan fingerprint density at radius 2 is 1.70 bits per heavy atom. The minimum Gasteiger partial charge on any atom is -0.338 e. The van der Waals surface area contributed by atoms with E-state index in [0.717, 1.165) is 24.1 Å². The van der Waals surface area contributed by atoms with Gasteiger partial charge in [0.15, 0.2) is 0 Å².